The third-order valence-electron chi connectivity index (χ3n) is 5.16. The van der Waals surface area contributed by atoms with Crippen molar-refractivity contribution in [1.82, 2.24) is 14.8 Å². The topological polar surface area (TPSA) is 73.7 Å². The molecule has 2 heterocycles. The Bertz CT molecular complexity index is 861. The Kier molecular flexibility index (Phi) is 6.21. The largest absolute Gasteiger partial charge is 0.507 e. The van der Waals surface area contributed by atoms with Crippen molar-refractivity contribution in [3.05, 3.63) is 71.6 Å². The molecular formula is C22H25N3O3. The summed E-state index contributed by atoms with van der Waals surface area (Å²) >= 11 is 0. The van der Waals surface area contributed by atoms with Gasteiger partial charge in [0.2, 0.25) is 0 Å². The standard InChI is InChI=1S/C22H25N3O3/c1-3-24(4-2)14-15-25-19(16-8-6-5-7-9-16)18(21(27)22(25)28)20(26)17-10-12-23-13-11-17/h5-13,19,26H,3-4,14-15H2,1-2H3/t19-/m0/s1. The average molecular weight is 379 g/mol. The summed E-state index contributed by atoms with van der Waals surface area (Å²) in [7, 11) is 0. The van der Waals surface area contributed by atoms with Gasteiger partial charge in [-0.25, -0.2) is 0 Å². The molecule has 0 aliphatic carbocycles. The Morgan fingerprint density at radius 2 is 1.71 bits per heavy atom. The van der Waals surface area contributed by atoms with Crippen LogP contribution in [0.2, 0.25) is 0 Å². The van der Waals surface area contributed by atoms with Gasteiger partial charge in [-0.15, -0.1) is 0 Å². The van der Waals surface area contributed by atoms with Gasteiger partial charge in [0.05, 0.1) is 11.6 Å². The fraction of sp³-hybridized carbons (Fsp3) is 0.318. The van der Waals surface area contributed by atoms with Crippen LogP contribution in [0.3, 0.4) is 0 Å². The summed E-state index contributed by atoms with van der Waals surface area (Å²) in [5.74, 6) is -1.39. The van der Waals surface area contributed by atoms with Gasteiger partial charge in [-0.05, 0) is 30.8 Å². The van der Waals surface area contributed by atoms with E-state index in [0.29, 0.717) is 18.7 Å². The molecule has 1 amide bonds. The molecule has 0 spiro atoms. The van der Waals surface area contributed by atoms with Gasteiger partial charge in [-0.3, -0.25) is 14.6 Å². The second-order valence-electron chi connectivity index (χ2n) is 6.67. The van der Waals surface area contributed by atoms with Crippen LogP contribution >= 0.6 is 0 Å². The number of nitrogens with zero attached hydrogens (tertiary/aromatic N) is 3. The van der Waals surface area contributed by atoms with Crippen molar-refractivity contribution in [2.75, 3.05) is 26.2 Å². The van der Waals surface area contributed by atoms with Crippen LogP contribution in [0.4, 0.5) is 0 Å². The van der Waals surface area contributed by atoms with Crippen LogP contribution in [0.25, 0.3) is 5.76 Å². The summed E-state index contributed by atoms with van der Waals surface area (Å²) < 4.78 is 0. The lowest BCUT2D eigenvalue weighted by molar-refractivity contribution is -0.140. The van der Waals surface area contributed by atoms with Crippen LogP contribution < -0.4 is 0 Å². The number of carbonyl (C=O) groups is 2. The normalized spacial score (nSPS) is 18.8. The van der Waals surface area contributed by atoms with Gasteiger partial charge in [0.25, 0.3) is 11.7 Å². The maximum Gasteiger partial charge on any atom is 0.295 e. The lowest BCUT2D eigenvalue weighted by atomic mass is 9.95. The van der Waals surface area contributed by atoms with Crippen molar-refractivity contribution in [1.29, 1.82) is 0 Å². The van der Waals surface area contributed by atoms with Gasteiger partial charge in [0, 0.05) is 31.0 Å². The van der Waals surface area contributed by atoms with Gasteiger partial charge in [0.1, 0.15) is 5.76 Å². The number of aliphatic hydroxyl groups excluding tert-OH is 1. The monoisotopic (exact) mass is 379 g/mol. The molecule has 1 aliphatic heterocycles. The lowest BCUT2D eigenvalue weighted by Gasteiger charge is -2.28. The lowest BCUT2D eigenvalue weighted by Crippen LogP contribution is -2.38. The van der Waals surface area contributed by atoms with Crippen LogP contribution in [0.1, 0.15) is 31.0 Å². The number of Topliss-reactive ketones (excluding diaryl/α,β-unsaturated/α-hetero) is 1. The molecule has 1 N–H and O–H groups in total. The number of likely N-dealkylation sites (N-methyl/N-ethyl adjacent to an activating group) is 1. The van der Waals surface area contributed by atoms with E-state index in [1.54, 1.807) is 29.4 Å². The highest BCUT2D eigenvalue weighted by Crippen LogP contribution is 2.38. The van der Waals surface area contributed by atoms with E-state index in [1.165, 1.54) is 0 Å². The molecule has 6 nitrogen and oxygen atoms in total. The first-order valence-electron chi connectivity index (χ1n) is 9.54. The number of aromatic nitrogens is 1. The van der Waals surface area contributed by atoms with Gasteiger partial charge in [-0.2, -0.15) is 0 Å². The SMILES string of the molecule is CCN(CC)CCN1C(=O)C(=O)C(=C(O)c2ccncc2)[C@@H]1c1ccccc1. The molecule has 1 atom stereocenters. The highest BCUT2D eigenvalue weighted by atomic mass is 16.3. The van der Waals surface area contributed by atoms with Crippen LogP contribution in [-0.4, -0.2) is 57.8 Å². The molecule has 0 saturated carbocycles. The minimum atomic E-state index is -0.650. The molecule has 0 bridgehead atoms. The van der Waals surface area contributed by atoms with E-state index in [1.807, 2.05) is 30.3 Å². The zero-order valence-electron chi connectivity index (χ0n) is 16.2. The zero-order valence-corrected chi connectivity index (χ0v) is 16.2. The highest BCUT2D eigenvalue weighted by Gasteiger charge is 2.45. The summed E-state index contributed by atoms with van der Waals surface area (Å²) in [5.41, 5.74) is 1.40. The number of likely N-dealkylation sites (tertiary alicyclic amines) is 1. The highest BCUT2D eigenvalue weighted by molar-refractivity contribution is 6.46. The number of amides is 1. The summed E-state index contributed by atoms with van der Waals surface area (Å²) in [5, 5.41) is 10.9. The van der Waals surface area contributed by atoms with Crippen molar-refractivity contribution < 1.29 is 14.7 Å². The number of carbonyl (C=O) groups excluding carboxylic acids is 2. The Hall–Kier alpha value is -2.99. The summed E-state index contributed by atoms with van der Waals surface area (Å²) in [6.45, 7) is 6.95. The van der Waals surface area contributed by atoms with Crippen LogP contribution in [-0.2, 0) is 9.59 Å². The summed E-state index contributed by atoms with van der Waals surface area (Å²) in [6, 6.07) is 12.0. The maximum atomic E-state index is 12.9. The van der Waals surface area contributed by atoms with Gasteiger partial charge < -0.3 is 14.9 Å². The summed E-state index contributed by atoms with van der Waals surface area (Å²) in [6.07, 6.45) is 3.09. The number of benzene rings is 1. The predicted molar refractivity (Wildman–Crippen MR) is 107 cm³/mol. The Morgan fingerprint density at radius 1 is 1.07 bits per heavy atom. The number of hydrogen-bond acceptors (Lipinski definition) is 5. The van der Waals surface area contributed by atoms with E-state index in [-0.39, 0.29) is 11.3 Å². The fourth-order valence-electron chi connectivity index (χ4n) is 3.55. The van der Waals surface area contributed by atoms with E-state index in [2.05, 4.69) is 23.7 Å². The minimum Gasteiger partial charge on any atom is -0.507 e. The van der Waals surface area contributed by atoms with Gasteiger partial charge >= 0.3 is 0 Å². The third kappa shape index (κ3) is 3.82. The van der Waals surface area contributed by atoms with E-state index < -0.39 is 17.7 Å². The zero-order chi connectivity index (χ0) is 20.1. The molecule has 28 heavy (non-hydrogen) atoms. The van der Waals surface area contributed by atoms with Crippen LogP contribution in [0, 0.1) is 0 Å². The minimum absolute atomic E-state index is 0.127. The van der Waals surface area contributed by atoms with Crippen molar-refractivity contribution >= 4 is 17.4 Å². The smallest absolute Gasteiger partial charge is 0.295 e. The molecule has 2 aromatic rings. The molecule has 1 aliphatic rings. The number of ketones is 1. The molecule has 1 aromatic heterocycles. The average Bonchev–Trinajstić information content (AvgIpc) is 3.00. The first-order chi connectivity index (χ1) is 13.6. The quantitative estimate of drug-likeness (QED) is 0.455. The van der Waals surface area contributed by atoms with Gasteiger partial charge in [0.15, 0.2) is 0 Å². The summed E-state index contributed by atoms with van der Waals surface area (Å²) in [4.78, 5) is 33.4. The van der Waals surface area contributed by atoms with E-state index >= 15 is 0 Å². The Morgan fingerprint density at radius 3 is 2.32 bits per heavy atom. The van der Waals surface area contributed by atoms with Crippen LogP contribution in [0.5, 0.6) is 0 Å². The van der Waals surface area contributed by atoms with E-state index in [4.69, 9.17) is 0 Å². The van der Waals surface area contributed by atoms with E-state index in [0.717, 1.165) is 18.7 Å². The molecule has 1 aromatic carbocycles. The third-order valence-corrected chi connectivity index (χ3v) is 5.16. The fourth-order valence-corrected chi connectivity index (χ4v) is 3.55. The molecule has 1 saturated heterocycles. The maximum absolute atomic E-state index is 12.9. The van der Waals surface area contributed by atoms with Crippen LogP contribution in [0.15, 0.2) is 60.4 Å². The molecule has 6 heteroatoms. The Balaban J connectivity index is 2.06. The molecule has 0 radical (unpaired) electrons. The second-order valence-corrected chi connectivity index (χ2v) is 6.67. The Labute approximate surface area is 165 Å². The second kappa shape index (κ2) is 8.80. The van der Waals surface area contributed by atoms with E-state index in [9.17, 15) is 14.7 Å². The molecule has 1 fully saturated rings. The van der Waals surface area contributed by atoms with Crippen molar-refractivity contribution in [3.63, 3.8) is 0 Å². The van der Waals surface area contributed by atoms with Gasteiger partial charge in [-0.1, -0.05) is 44.2 Å². The van der Waals surface area contributed by atoms with Crippen molar-refractivity contribution in [3.8, 4) is 0 Å². The number of aliphatic hydroxyl groups is 1. The molecule has 146 valence electrons. The molecule has 3 rings (SSSR count). The first kappa shape index (κ1) is 19.8. The number of pyridine rings is 1. The number of rotatable bonds is 7. The first-order valence-corrected chi connectivity index (χ1v) is 9.54. The van der Waals surface area contributed by atoms with Crippen molar-refractivity contribution in [2.45, 2.75) is 19.9 Å². The predicted octanol–water partition coefficient (Wildman–Crippen LogP) is 2.85. The molecule has 0 unspecified atom stereocenters. The molecular weight excluding hydrogens is 354 g/mol. The number of hydrogen-bond donors (Lipinski definition) is 1. The van der Waals surface area contributed by atoms with Crippen molar-refractivity contribution in [2.24, 2.45) is 0 Å².